The Bertz CT molecular complexity index is 354. The molecule has 0 amide bonds. The van der Waals surface area contributed by atoms with Crippen LogP contribution in [0, 0.1) is 0 Å². The number of benzene rings is 1. The molecule has 1 aliphatic rings. The fourth-order valence-electron chi connectivity index (χ4n) is 1.90. The van der Waals surface area contributed by atoms with Crippen molar-refractivity contribution in [3.63, 3.8) is 0 Å². The zero-order chi connectivity index (χ0) is 10.8. The lowest BCUT2D eigenvalue weighted by Gasteiger charge is -2.12. The molecule has 1 aliphatic heterocycles. The van der Waals surface area contributed by atoms with E-state index < -0.39 is 0 Å². The van der Waals surface area contributed by atoms with Gasteiger partial charge in [-0.05, 0) is 31.0 Å². The molecule has 1 heterocycles. The number of nitrogen functional groups attached to an aromatic ring is 1. The first-order valence-corrected chi connectivity index (χ1v) is 5.15. The van der Waals surface area contributed by atoms with Crippen LogP contribution >= 0.6 is 0 Å². The summed E-state index contributed by atoms with van der Waals surface area (Å²) in [6.07, 6.45) is 1.08. The van der Waals surface area contributed by atoms with Crippen molar-refractivity contribution < 1.29 is 4.74 Å². The third kappa shape index (κ3) is 2.06. The Morgan fingerprint density at radius 3 is 2.73 bits per heavy atom. The minimum absolute atomic E-state index is 0.341. The summed E-state index contributed by atoms with van der Waals surface area (Å²) >= 11 is 0. The molecule has 1 saturated heterocycles. The second-order valence-corrected chi connectivity index (χ2v) is 3.98. The highest BCUT2D eigenvalue weighted by Crippen LogP contribution is 2.28. The highest BCUT2D eigenvalue weighted by Gasteiger charge is 2.21. The second kappa shape index (κ2) is 4.08. The number of hydrazine groups is 1. The minimum Gasteiger partial charge on any atom is -0.495 e. The number of hydrogen-bond acceptors (Lipinski definition) is 4. The summed E-state index contributed by atoms with van der Waals surface area (Å²) in [6.45, 7) is 2.15. The van der Waals surface area contributed by atoms with Crippen molar-refractivity contribution in [2.45, 2.75) is 25.4 Å². The summed E-state index contributed by atoms with van der Waals surface area (Å²) in [7, 11) is 1.63. The van der Waals surface area contributed by atoms with Crippen molar-refractivity contribution in [1.29, 1.82) is 0 Å². The predicted molar refractivity (Wildman–Crippen MR) is 60.5 cm³/mol. The SMILES string of the molecule is COc1ccc(C2CC(C)NN2)cc1N. The van der Waals surface area contributed by atoms with Crippen LogP contribution in [0.2, 0.25) is 0 Å². The summed E-state index contributed by atoms with van der Waals surface area (Å²) in [5.41, 5.74) is 14.2. The Kier molecular flexibility index (Phi) is 2.79. The number of rotatable bonds is 2. The summed E-state index contributed by atoms with van der Waals surface area (Å²) in [4.78, 5) is 0. The van der Waals surface area contributed by atoms with Crippen LogP contribution in [0.3, 0.4) is 0 Å². The lowest BCUT2D eigenvalue weighted by molar-refractivity contribution is 0.416. The third-order valence-corrected chi connectivity index (χ3v) is 2.75. The van der Waals surface area contributed by atoms with Gasteiger partial charge in [-0.25, -0.2) is 0 Å². The Morgan fingerprint density at radius 2 is 2.20 bits per heavy atom. The first kappa shape index (κ1) is 10.3. The number of anilines is 1. The number of nitrogens with two attached hydrogens (primary N) is 1. The molecule has 0 radical (unpaired) electrons. The normalized spacial score (nSPS) is 25.5. The third-order valence-electron chi connectivity index (χ3n) is 2.75. The van der Waals surface area contributed by atoms with Crippen LogP contribution in [0.25, 0.3) is 0 Å². The molecule has 4 heteroatoms. The summed E-state index contributed by atoms with van der Waals surface area (Å²) in [6, 6.07) is 6.77. The van der Waals surface area contributed by atoms with E-state index in [2.05, 4.69) is 17.8 Å². The molecule has 1 fully saturated rings. The van der Waals surface area contributed by atoms with Crippen molar-refractivity contribution >= 4 is 5.69 Å². The van der Waals surface area contributed by atoms with E-state index in [9.17, 15) is 0 Å². The van der Waals surface area contributed by atoms with Gasteiger partial charge in [0.05, 0.1) is 12.8 Å². The van der Waals surface area contributed by atoms with Gasteiger partial charge in [-0.15, -0.1) is 0 Å². The summed E-state index contributed by atoms with van der Waals surface area (Å²) in [5, 5.41) is 0. The molecule has 15 heavy (non-hydrogen) atoms. The fraction of sp³-hybridized carbons (Fsp3) is 0.455. The molecule has 1 aromatic carbocycles. The van der Waals surface area contributed by atoms with Crippen LogP contribution in [0.4, 0.5) is 5.69 Å². The number of methoxy groups -OCH3 is 1. The Morgan fingerprint density at radius 1 is 1.40 bits per heavy atom. The van der Waals surface area contributed by atoms with Gasteiger partial charge in [-0.3, -0.25) is 10.9 Å². The van der Waals surface area contributed by atoms with Crippen molar-refractivity contribution in [2.24, 2.45) is 0 Å². The highest BCUT2D eigenvalue weighted by atomic mass is 16.5. The van der Waals surface area contributed by atoms with E-state index in [0.29, 0.717) is 17.8 Å². The Labute approximate surface area is 89.8 Å². The van der Waals surface area contributed by atoms with Gasteiger partial charge in [0.2, 0.25) is 0 Å². The highest BCUT2D eigenvalue weighted by molar-refractivity contribution is 5.54. The van der Waals surface area contributed by atoms with Gasteiger partial charge in [-0.1, -0.05) is 6.07 Å². The van der Waals surface area contributed by atoms with E-state index in [-0.39, 0.29) is 0 Å². The maximum absolute atomic E-state index is 5.86. The standard InChI is InChI=1S/C11H17N3O/c1-7-5-10(14-13-7)8-3-4-11(15-2)9(12)6-8/h3-4,6-7,10,13-14H,5,12H2,1-2H3. The average molecular weight is 207 g/mol. The smallest absolute Gasteiger partial charge is 0.141 e. The molecule has 0 aromatic heterocycles. The minimum atomic E-state index is 0.341. The molecule has 2 rings (SSSR count). The van der Waals surface area contributed by atoms with Crippen LogP contribution < -0.4 is 21.3 Å². The predicted octanol–water partition coefficient (Wildman–Crippen LogP) is 1.20. The van der Waals surface area contributed by atoms with E-state index in [4.69, 9.17) is 10.5 Å². The van der Waals surface area contributed by atoms with E-state index in [0.717, 1.165) is 12.2 Å². The molecule has 2 atom stereocenters. The van der Waals surface area contributed by atoms with Gasteiger partial charge in [-0.2, -0.15) is 0 Å². The van der Waals surface area contributed by atoms with Crippen molar-refractivity contribution in [1.82, 2.24) is 10.9 Å². The summed E-state index contributed by atoms with van der Waals surface area (Å²) < 4.78 is 5.12. The molecular formula is C11H17N3O. The van der Waals surface area contributed by atoms with Crippen molar-refractivity contribution in [3.8, 4) is 5.75 Å². The van der Waals surface area contributed by atoms with Gasteiger partial charge in [0.1, 0.15) is 5.75 Å². The van der Waals surface area contributed by atoms with Gasteiger partial charge < -0.3 is 10.5 Å². The zero-order valence-electron chi connectivity index (χ0n) is 9.08. The lowest BCUT2D eigenvalue weighted by atomic mass is 10.0. The van der Waals surface area contributed by atoms with Crippen molar-refractivity contribution in [3.05, 3.63) is 23.8 Å². The molecular weight excluding hydrogens is 190 g/mol. The monoisotopic (exact) mass is 207 g/mol. The number of nitrogens with one attached hydrogen (secondary N) is 2. The van der Waals surface area contributed by atoms with Crippen LogP contribution in [-0.4, -0.2) is 13.2 Å². The molecule has 82 valence electrons. The van der Waals surface area contributed by atoms with E-state index in [1.54, 1.807) is 7.11 Å². The Balaban J connectivity index is 2.19. The first-order chi connectivity index (χ1) is 7.20. The van der Waals surface area contributed by atoms with Crippen LogP contribution in [0.5, 0.6) is 5.75 Å². The lowest BCUT2D eigenvalue weighted by Crippen LogP contribution is -2.28. The topological polar surface area (TPSA) is 59.3 Å². The maximum Gasteiger partial charge on any atom is 0.141 e. The van der Waals surface area contributed by atoms with Gasteiger partial charge >= 0.3 is 0 Å². The van der Waals surface area contributed by atoms with E-state index >= 15 is 0 Å². The zero-order valence-corrected chi connectivity index (χ0v) is 9.08. The molecule has 0 saturated carbocycles. The maximum atomic E-state index is 5.86. The van der Waals surface area contributed by atoms with E-state index in [1.165, 1.54) is 5.56 Å². The van der Waals surface area contributed by atoms with Crippen LogP contribution in [0.15, 0.2) is 18.2 Å². The molecule has 0 aliphatic carbocycles. The quantitative estimate of drug-likeness (QED) is 0.638. The van der Waals surface area contributed by atoms with Crippen LogP contribution in [0.1, 0.15) is 24.9 Å². The molecule has 0 spiro atoms. The molecule has 1 aromatic rings. The molecule has 4 N–H and O–H groups in total. The largest absolute Gasteiger partial charge is 0.495 e. The van der Waals surface area contributed by atoms with Gasteiger partial charge in [0.25, 0.3) is 0 Å². The molecule has 0 bridgehead atoms. The van der Waals surface area contributed by atoms with Gasteiger partial charge in [0.15, 0.2) is 0 Å². The molecule has 4 nitrogen and oxygen atoms in total. The second-order valence-electron chi connectivity index (χ2n) is 3.98. The fourth-order valence-corrected chi connectivity index (χ4v) is 1.90. The molecule has 2 unspecified atom stereocenters. The number of hydrogen-bond donors (Lipinski definition) is 3. The number of ether oxygens (including phenoxy) is 1. The average Bonchev–Trinajstić information content (AvgIpc) is 2.65. The summed E-state index contributed by atoms with van der Waals surface area (Å²) in [5.74, 6) is 0.734. The van der Waals surface area contributed by atoms with Crippen molar-refractivity contribution in [2.75, 3.05) is 12.8 Å². The van der Waals surface area contributed by atoms with E-state index in [1.807, 2.05) is 18.2 Å². The van der Waals surface area contributed by atoms with Gasteiger partial charge in [0, 0.05) is 12.1 Å². The first-order valence-electron chi connectivity index (χ1n) is 5.15. The Hall–Kier alpha value is -1.26. The van der Waals surface area contributed by atoms with Crippen LogP contribution in [-0.2, 0) is 0 Å².